The molecule has 3 rings (SSSR count). The summed E-state index contributed by atoms with van der Waals surface area (Å²) in [6.07, 6.45) is 0. The fourth-order valence-electron chi connectivity index (χ4n) is 2.16. The molecule has 0 unspecified atom stereocenters. The van der Waals surface area contributed by atoms with Crippen LogP contribution in [0.3, 0.4) is 0 Å². The third-order valence-electron chi connectivity index (χ3n) is 3.37. The van der Waals surface area contributed by atoms with Gasteiger partial charge < -0.3 is 14.8 Å². The van der Waals surface area contributed by atoms with E-state index in [1.54, 1.807) is 42.5 Å². The van der Waals surface area contributed by atoms with Crippen LogP contribution in [0.2, 0.25) is 5.02 Å². The van der Waals surface area contributed by atoms with Crippen LogP contribution in [0.1, 0.15) is 0 Å². The average molecular weight is 433 g/mol. The molecule has 1 N–H and O–H groups in total. The second kappa shape index (κ2) is 8.74. The molecule has 0 saturated heterocycles. The molecule has 4 nitrogen and oxygen atoms in total. The normalized spacial score (nSPS) is 10.2. The number of rotatable bonds is 6. The third-order valence-corrected chi connectivity index (χ3v) is 4.16. The van der Waals surface area contributed by atoms with Crippen molar-refractivity contribution in [3.05, 3.63) is 82.3 Å². The fraction of sp³-hybridized carbons (Fsp3) is 0.0500. The van der Waals surface area contributed by atoms with Gasteiger partial charge in [0.15, 0.2) is 6.61 Å². The summed E-state index contributed by atoms with van der Waals surface area (Å²) >= 11 is 9.37. The molecule has 0 spiro atoms. The summed E-state index contributed by atoms with van der Waals surface area (Å²) in [5.74, 6) is 1.62. The van der Waals surface area contributed by atoms with Gasteiger partial charge >= 0.3 is 0 Å². The van der Waals surface area contributed by atoms with Gasteiger partial charge in [0.25, 0.3) is 5.91 Å². The Morgan fingerprint density at radius 1 is 0.962 bits per heavy atom. The highest BCUT2D eigenvalue weighted by molar-refractivity contribution is 9.10. The van der Waals surface area contributed by atoms with Gasteiger partial charge in [-0.15, -0.1) is 0 Å². The van der Waals surface area contributed by atoms with E-state index in [1.807, 2.05) is 30.3 Å². The minimum atomic E-state index is -0.277. The van der Waals surface area contributed by atoms with Gasteiger partial charge in [0, 0.05) is 10.2 Å². The predicted octanol–water partition coefficient (Wildman–Crippen LogP) is 5.91. The minimum Gasteiger partial charge on any atom is -0.482 e. The molecule has 132 valence electrons. The van der Waals surface area contributed by atoms with E-state index >= 15 is 0 Å². The van der Waals surface area contributed by atoms with Crippen LogP contribution in [0, 0.1) is 0 Å². The van der Waals surface area contributed by atoms with E-state index in [0.717, 1.165) is 10.2 Å². The van der Waals surface area contributed by atoms with E-state index in [9.17, 15) is 4.79 Å². The third kappa shape index (κ3) is 5.25. The molecular weight excluding hydrogens is 418 g/mol. The molecule has 3 aromatic carbocycles. The average Bonchev–Trinajstić information content (AvgIpc) is 2.63. The molecule has 26 heavy (non-hydrogen) atoms. The lowest BCUT2D eigenvalue weighted by molar-refractivity contribution is -0.118. The number of anilines is 1. The van der Waals surface area contributed by atoms with Crippen LogP contribution in [0.5, 0.6) is 17.2 Å². The number of carbonyl (C=O) groups is 1. The number of amides is 1. The Morgan fingerprint density at radius 3 is 2.35 bits per heavy atom. The summed E-state index contributed by atoms with van der Waals surface area (Å²) in [5, 5.41) is 3.20. The molecular formula is C20H15BrClNO3. The van der Waals surface area contributed by atoms with E-state index in [2.05, 4.69) is 21.2 Å². The van der Waals surface area contributed by atoms with Gasteiger partial charge in [-0.25, -0.2) is 0 Å². The number of nitrogens with one attached hydrogen (secondary N) is 1. The van der Waals surface area contributed by atoms with Crippen molar-refractivity contribution in [3.8, 4) is 17.2 Å². The van der Waals surface area contributed by atoms with Crippen molar-refractivity contribution in [2.24, 2.45) is 0 Å². The van der Waals surface area contributed by atoms with Crippen LogP contribution in [-0.4, -0.2) is 12.5 Å². The molecule has 6 heteroatoms. The van der Waals surface area contributed by atoms with Crippen molar-refractivity contribution in [2.75, 3.05) is 11.9 Å². The summed E-state index contributed by atoms with van der Waals surface area (Å²) < 4.78 is 12.0. The van der Waals surface area contributed by atoms with Gasteiger partial charge in [-0.1, -0.05) is 45.7 Å². The Balaban J connectivity index is 1.52. The molecule has 0 radical (unpaired) electrons. The molecule has 3 aromatic rings. The number of ether oxygens (including phenoxy) is 2. The zero-order valence-corrected chi connectivity index (χ0v) is 16.0. The highest BCUT2D eigenvalue weighted by Gasteiger charge is 2.07. The van der Waals surface area contributed by atoms with E-state index in [-0.39, 0.29) is 12.5 Å². The molecule has 1 amide bonds. The van der Waals surface area contributed by atoms with Gasteiger partial charge in [0.2, 0.25) is 0 Å². The first-order chi connectivity index (χ1) is 12.6. The standard InChI is InChI=1S/C20H15BrClNO3/c21-14-6-11-19(18(22)12-14)25-13-20(24)23-15-7-9-17(10-8-15)26-16-4-2-1-3-5-16/h1-12H,13H2,(H,23,24). The van der Waals surface area contributed by atoms with Gasteiger partial charge in [-0.2, -0.15) is 0 Å². The largest absolute Gasteiger partial charge is 0.482 e. The summed E-state index contributed by atoms with van der Waals surface area (Å²) in [5.41, 5.74) is 0.654. The Morgan fingerprint density at radius 2 is 1.65 bits per heavy atom. The first kappa shape index (κ1) is 18.3. The van der Waals surface area contributed by atoms with Crippen molar-refractivity contribution in [3.63, 3.8) is 0 Å². The highest BCUT2D eigenvalue weighted by Crippen LogP contribution is 2.27. The van der Waals surface area contributed by atoms with Crippen LogP contribution in [0.15, 0.2) is 77.3 Å². The molecule has 0 atom stereocenters. The van der Waals surface area contributed by atoms with Crippen molar-refractivity contribution >= 4 is 39.1 Å². The van der Waals surface area contributed by atoms with Crippen LogP contribution >= 0.6 is 27.5 Å². The van der Waals surface area contributed by atoms with Crippen molar-refractivity contribution in [1.29, 1.82) is 0 Å². The van der Waals surface area contributed by atoms with E-state index in [4.69, 9.17) is 21.1 Å². The summed E-state index contributed by atoms with van der Waals surface area (Å²) in [6, 6.07) is 21.8. The Labute approximate surface area is 164 Å². The molecule has 0 fully saturated rings. The highest BCUT2D eigenvalue weighted by atomic mass is 79.9. The van der Waals surface area contributed by atoms with Crippen LogP contribution in [-0.2, 0) is 4.79 Å². The van der Waals surface area contributed by atoms with Crippen molar-refractivity contribution in [2.45, 2.75) is 0 Å². The van der Waals surface area contributed by atoms with Gasteiger partial charge in [-0.3, -0.25) is 4.79 Å². The monoisotopic (exact) mass is 431 g/mol. The second-order valence-corrected chi connectivity index (χ2v) is 6.67. The zero-order valence-electron chi connectivity index (χ0n) is 13.6. The number of benzene rings is 3. The number of hydrogen-bond acceptors (Lipinski definition) is 3. The maximum Gasteiger partial charge on any atom is 0.262 e. The second-order valence-electron chi connectivity index (χ2n) is 5.35. The summed E-state index contributed by atoms with van der Waals surface area (Å²) in [6.45, 7) is -0.135. The smallest absolute Gasteiger partial charge is 0.262 e. The minimum absolute atomic E-state index is 0.135. The molecule has 0 saturated carbocycles. The molecule has 0 heterocycles. The Kier molecular flexibility index (Phi) is 6.15. The van der Waals surface area contributed by atoms with E-state index in [0.29, 0.717) is 22.2 Å². The number of halogens is 2. The molecule has 0 aliphatic heterocycles. The molecule has 0 aliphatic rings. The van der Waals surface area contributed by atoms with Crippen LogP contribution in [0.25, 0.3) is 0 Å². The SMILES string of the molecule is O=C(COc1ccc(Br)cc1Cl)Nc1ccc(Oc2ccccc2)cc1. The van der Waals surface area contributed by atoms with Gasteiger partial charge in [0.1, 0.15) is 17.2 Å². The van der Waals surface area contributed by atoms with Gasteiger partial charge in [0.05, 0.1) is 5.02 Å². The van der Waals surface area contributed by atoms with E-state index < -0.39 is 0 Å². The fourth-order valence-corrected chi connectivity index (χ4v) is 2.89. The maximum absolute atomic E-state index is 12.0. The molecule has 0 aromatic heterocycles. The van der Waals surface area contributed by atoms with Crippen LogP contribution < -0.4 is 14.8 Å². The van der Waals surface area contributed by atoms with E-state index in [1.165, 1.54) is 0 Å². The van der Waals surface area contributed by atoms with Gasteiger partial charge in [-0.05, 0) is 54.6 Å². The number of carbonyl (C=O) groups excluding carboxylic acids is 1. The number of para-hydroxylation sites is 1. The number of hydrogen-bond donors (Lipinski definition) is 1. The first-order valence-corrected chi connectivity index (χ1v) is 8.98. The lowest BCUT2D eigenvalue weighted by atomic mass is 10.3. The first-order valence-electron chi connectivity index (χ1n) is 7.81. The lowest BCUT2D eigenvalue weighted by Gasteiger charge is -2.10. The Bertz CT molecular complexity index is 885. The lowest BCUT2D eigenvalue weighted by Crippen LogP contribution is -2.20. The molecule has 0 bridgehead atoms. The van der Waals surface area contributed by atoms with Crippen LogP contribution in [0.4, 0.5) is 5.69 Å². The van der Waals surface area contributed by atoms with Crippen molar-refractivity contribution < 1.29 is 14.3 Å². The molecule has 0 aliphatic carbocycles. The Hall–Kier alpha value is -2.50. The zero-order chi connectivity index (χ0) is 18.4. The van der Waals surface area contributed by atoms with Crippen molar-refractivity contribution in [1.82, 2.24) is 0 Å². The predicted molar refractivity (Wildman–Crippen MR) is 106 cm³/mol. The maximum atomic E-state index is 12.0. The topological polar surface area (TPSA) is 47.6 Å². The summed E-state index contributed by atoms with van der Waals surface area (Å²) in [7, 11) is 0. The summed E-state index contributed by atoms with van der Waals surface area (Å²) in [4.78, 5) is 12.0. The quantitative estimate of drug-likeness (QED) is 0.526.